The van der Waals surface area contributed by atoms with Gasteiger partial charge in [-0.15, -0.1) is 0 Å². The third kappa shape index (κ3) is 4.31. The number of hydrogen-bond acceptors (Lipinski definition) is 2. The lowest BCUT2D eigenvalue weighted by Crippen LogP contribution is -2.30. The van der Waals surface area contributed by atoms with Gasteiger partial charge < -0.3 is 10.2 Å². The third-order valence-electron chi connectivity index (χ3n) is 4.71. The highest BCUT2D eigenvalue weighted by Gasteiger charge is 2.23. The molecule has 2 amide bonds. The minimum absolute atomic E-state index is 0.0271. The van der Waals surface area contributed by atoms with Crippen LogP contribution in [0.15, 0.2) is 54.6 Å². The Morgan fingerprint density at radius 1 is 1.12 bits per heavy atom. The summed E-state index contributed by atoms with van der Waals surface area (Å²) in [5.74, 6) is 0.492. The van der Waals surface area contributed by atoms with E-state index < -0.39 is 0 Å². The van der Waals surface area contributed by atoms with Crippen molar-refractivity contribution in [3.8, 4) is 0 Å². The molecular formula is C22H26N2O2. The van der Waals surface area contributed by atoms with Gasteiger partial charge in [-0.3, -0.25) is 9.59 Å². The molecule has 0 bridgehead atoms. The minimum Gasteiger partial charge on any atom is -0.345 e. The number of carbonyl (C=O) groups is 2. The number of nitrogens with zero attached hydrogens (tertiary/aromatic N) is 1. The fraction of sp³-hybridized carbons (Fsp3) is 0.364. The van der Waals surface area contributed by atoms with Crippen molar-refractivity contribution in [2.75, 3.05) is 11.4 Å². The second-order valence-electron chi connectivity index (χ2n) is 7.27. The van der Waals surface area contributed by atoms with E-state index in [4.69, 9.17) is 0 Å². The molecule has 1 aliphatic rings. The standard InChI is InChI=1S/C22H26N2O2/c1-16(2)14-20(17-8-4-3-5-9-17)23-22(26)18-10-6-11-19(15-18)24-13-7-12-21(24)25/h3-6,8-11,15-16,20H,7,12-14H2,1-2H3,(H,23,26). The Hall–Kier alpha value is -2.62. The molecule has 1 saturated heterocycles. The Morgan fingerprint density at radius 3 is 2.54 bits per heavy atom. The second-order valence-corrected chi connectivity index (χ2v) is 7.27. The molecule has 4 heteroatoms. The van der Waals surface area contributed by atoms with Crippen LogP contribution in [0.1, 0.15) is 55.1 Å². The first kappa shape index (κ1) is 18.2. The molecule has 4 nitrogen and oxygen atoms in total. The van der Waals surface area contributed by atoms with Crippen LogP contribution in [0.5, 0.6) is 0 Å². The average molecular weight is 350 g/mol. The zero-order valence-electron chi connectivity index (χ0n) is 15.4. The van der Waals surface area contributed by atoms with Gasteiger partial charge in [0.1, 0.15) is 0 Å². The second kappa shape index (κ2) is 8.17. The van der Waals surface area contributed by atoms with Crippen molar-refractivity contribution in [1.29, 1.82) is 0 Å². The molecule has 1 unspecified atom stereocenters. The summed E-state index contributed by atoms with van der Waals surface area (Å²) in [6, 6.07) is 17.4. The normalized spacial score (nSPS) is 15.3. The first-order chi connectivity index (χ1) is 12.5. The van der Waals surface area contributed by atoms with Gasteiger partial charge >= 0.3 is 0 Å². The molecule has 1 atom stereocenters. The lowest BCUT2D eigenvalue weighted by molar-refractivity contribution is -0.117. The molecule has 1 N–H and O–H groups in total. The van der Waals surface area contributed by atoms with Gasteiger partial charge in [-0.1, -0.05) is 50.2 Å². The molecule has 3 rings (SSSR count). The molecule has 136 valence electrons. The largest absolute Gasteiger partial charge is 0.345 e. The summed E-state index contributed by atoms with van der Waals surface area (Å²) in [4.78, 5) is 26.6. The predicted molar refractivity (Wildman–Crippen MR) is 104 cm³/mol. The highest BCUT2D eigenvalue weighted by Crippen LogP contribution is 2.24. The summed E-state index contributed by atoms with van der Waals surface area (Å²) in [7, 11) is 0. The van der Waals surface area contributed by atoms with Crippen molar-refractivity contribution >= 4 is 17.5 Å². The quantitative estimate of drug-likeness (QED) is 0.843. The van der Waals surface area contributed by atoms with Gasteiger partial charge in [-0.05, 0) is 42.5 Å². The zero-order chi connectivity index (χ0) is 18.5. The van der Waals surface area contributed by atoms with Gasteiger partial charge in [0, 0.05) is 24.2 Å². The zero-order valence-corrected chi connectivity index (χ0v) is 15.4. The van der Waals surface area contributed by atoms with Gasteiger partial charge in [0.15, 0.2) is 0 Å². The molecule has 0 saturated carbocycles. The van der Waals surface area contributed by atoms with Crippen LogP contribution in [0.2, 0.25) is 0 Å². The summed E-state index contributed by atoms with van der Waals surface area (Å²) in [6.45, 7) is 5.04. The highest BCUT2D eigenvalue weighted by atomic mass is 16.2. The van der Waals surface area contributed by atoms with Gasteiger partial charge in [-0.2, -0.15) is 0 Å². The summed E-state index contributed by atoms with van der Waals surface area (Å²) in [5, 5.41) is 3.17. The monoisotopic (exact) mass is 350 g/mol. The number of anilines is 1. The maximum atomic E-state index is 12.8. The number of amides is 2. The van der Waals surface area contributed by atoms with Crippen LogP contribution in [0.3, 0.4) is 0 Å². The summed E-state index contributed by atoms with van der Waals surface area (Å²) in [6.07, 6.45) is 2.33. The fourth-order valence-electron chi connectivity index (χ4n) is 3.41. The lowest BCUT2D eigenvalue weighted by Gasteiger charge is -2.22. The van der Waals surface area contributed by atoms with E-state index in [9.17, 15) is 9.59 Å². The molecule has 2 aromatic carbocycles. The number of hydrogen-bond donors (Lipinski definition) is 1. The van der Waals surface area contributed by atoms with E-state index in [1.54, 1.807) is 11.0 Å². The molecule has 0 aromatic heterocycles. The van der Waals surface area contributed by atoms with Crippen molar-refractivity contribution in [1.82, 2.24) is 5.32 Å². The van der Waals surface area contributed by atoms with Crippen LogP contribution in [0.4, 0.5) is 5.69 Å². The maximum absolute atomic E-state index is 12.8. The van der Waals surface area contributed by atoms with Crippen molar-refractivity contribution in [3.63, 3.8) is 0 Å². The summed E-state index contributed by atoms with van der Waals surface area (Å²) < 4.78 is 0. The van der Waals surface area contributed by atoms with E-state index in [1.165, 1.54) is 0 Å². The van der Waals surface area contributed by atoms with Crippen LogP contribution in [-0.2, 0) is 4.79 Å². The van der Waals surface area contributed by atoms with Gasteiger partial charge in [0.05, 0.1) is 6.04 Å². The Labute approximate surface area is 155 Å². The van der Waals surface area contributed by atoms with Crippen LogP contribution >= 0.6 is 0 Å². The van der Waals surface area contributed by atoms with Crippen molar-refractivity contribution in [3.05, 3.63) is 65.7 Å². The average Bonchev–Trinajstić information content (AvgIpc) is 3.07. The molecule has 2 aromatic rings. The fourth-order valence-corrected chi connectivity index (χ4v) is 3.41. The van der Waals surface area contributed by atoms with Crippen LogP contribution in [0.25, 0.3) is 0 Å². The molecule has 1 fully saturated rings. The van der Waals surface area contributed by atoms with Crippen molar-refractivity contribution in [2.24, 2.45) is 5.92 Å². The first-order valence-electron chi connectivity index (χ1n) is 9.31. The molecule has 0 radical (unpaired) electrons. The van der Waals surface area contributed by atoms with Crippen LogP contribution in [-0.4, -0.2) is 18.4 Å². The Balaban J connectivity index is 1.78. The lowest BCUT2D eigenvalue weighted by atomic mass is 9.96. The minimum atomic E-state index is -0.104. The van der Waals surface area contributed by atoms with Crippen LogP contribution in [0, 0.1) is 5.92 Å². The SMILES string of the molecule is CC(C)CC(NC(=O)c1cccc(N2CCCC2=O)c1)c1ccccc1. The van der Waals surface area contributed by atoms with Gasteiger partial charge in [0.2, 0.25) is 5.91 Å². The van der Waals surface area contributed by atoms with E-state index in [0.717, 1.165) is 30.6 Å². The van der Waals surface area contributed by atoms with E-state index in [-0.39, 0.29) is 17.9 Å². The van der Waals surface area contributed by atoms with E-state index >= 15 is 0 Å². The van der Waals surface area contributed by atoms with Crippen molar-refractivity contribution in [2.45, 2.75) is 39.2 Å². The summed E-state index contributed by atoms with van der Waals surface area (Å²) in [5.41, 5.74) is 2.51. The van der Waals surface area contributed by atoms with Gasteiger partial charge in [-0.25, -0.2) is 0 Å². The molecule has 1 heterocycles. The summed E-state index contributed by atoms with van der Waals surface area (Å²) >= 11 is 0. The molecule has 0 spiro atoms. The number of nitrogens with one attached hydrogen (secondary N) is 1. The Morgan fingerprint density at radius 2 is 1.88 bits per heavy atom. The first-order valence-corrected chi connectivity index (χ1v) is 9.31. The Bertz CT molecular complexity index is 771. The molecule has 1 aliphatic heterocycles. The topological polar surface area (TPSA) is 49.4 Å². The Kier molecular flexibility index (Phi) is 5.71. The highest BCUT2D eigenvalue weighted by molar-refractivity contribution is 5.99. The van der Waals surface area contributed by atoms with Gasteiger partial charge in [0.25, 0.3) is 5.91 Å². The van der Waals surface area contributed by atoms with E-state index in [2.05, 4.69) is 19.2 Å². The molecule has 0 aliphatic carbocycles. The van der Waals surface area contributed by atoms with Crippen LogP contribution < -0.4 is 10.2 Å². The third-order valence-corrected chi connectivity index (χ3v) is 4.71. The molecule has 26 heavy (non-hydrogen) atoms. The predicted octanol–water partition coefficient (Wildman–Crippen LogP) is 4.33. The smallest absolute Gasteiger partial charge is 0.251 e. The van der Waals surface area contributed by atoms with Crippen molar-refractivity contribution < 1.29 is 9.59 Å². The number of benzene rings is 2. The van der Waals surface area contributed by atoms with E-state index in [1.807, 2.05) is 48.5 Å². The number of rotatable bonds is 6. The van der Waals surface area contributed by atoms with E-state index in [0.29, 0.717) is 17.9 Å². The molecular weight excluding hydrogens is 324 g/mol. The number of carbonyl (C=O) groups excluding carboxylic acids is 2. The maximum Gasteiger partial charge on any atom is 0.251 e.